The first-order chi connectivity index (χ1) is 17.4. The number of hydrogen-bond donors (Lipinski definition) is 3. The second-order valence-electron chi connectivity index (χ2n) is 11.2. The van der Waals surface area contributed by atoms with E-state index in [0.717, 1.165) is 49.9 Å². The molecule has 2 saturated heterocycles. The fourth-order valence-electron chi connectivity index (χ4n) is 5.48. The molecule has 2 atom stereocenters. The van der Waals surface area contributed by atoms with Gasteiger partial charge in [0, 0.05) is 37.2 Å². The van der Waals surface area contributed by atoms with Crippen LogP contribution in [0, 0.1) is 5.92 Å². The van der Waals surface area contributed by atoms with Crippen molar-refractivity contribution in [2.45, 2.75) is 103 Å². The minimum absolute atomic E-state index is 0. The van der Waals surface area contributed by atoms with Crippen molar-refractivity contribution in [1.82, 2.24) is 20.9 Å². The molecule has 232 valence electrons. The normalized spacial score (nSPS) is 21.9. The summed E-state index contributed by atoms with van der Waals surface area (Å²) in [5, 5.41) is 9.79. The number of amides is 2. The molecule has 3 N–H and O–H groups in total. The number of carbonyl (C=O) groups excluding carboxylic acids is 2. The van der Waals surface area contributed by atoms with Crippen molar-refractivity contribution in [3.8, 4) is 0 Å². The number of benzene rings is 1. The monoisotopic (exact) mass is 636 g/mol. The minimum Gasteiger partial charge on any atom is -0.351 e. The summed E-state index contributed by atoms with van der Waals surface area (Å²) in [5.41, 5.74) is 1.33. The van der Waals surface area contributed by atoms with Gasteiger partial charge in [-0.05, 0) is 56.8 Å². The van der Waals surface area contributed by atoms with Crippen molar-refractivity contribution in [1.29, 1.82) is 0 Å². The van der Waals surface area contributed by atoms with E-state index in [0.29, 0.717) is 5.75 Å². The van der Waals surface area contributed by atoms with E-state index >= 15 is 0 Å². The minimum atomic E-state index is -0.482. The molecule has 10 heteroatoms. The molecule has 40 heavy (non-hydrogen) atoms. The first-order valence-corrected chi connectivity index (χ1v) is 15.9. The molecular formula is C30H54Cl2N4O2S2. The van der Waals surface area contributed by atoms with Gasteiger partial charge in [0.2, 0.25) is 11.8 Å². The summed E-state index contributed by atoms with van der Waals surface area (Å²) < 4.78 is 0. The lowest BCUT2D eigenvalue weighted by Crippen LogP contribution is -2.56. The van der Waals surface area contributed by atoms with Crippen LogP contribution >= 0.6 is 48.3 Å². The number of hydrogen-bond acceptors (Lipinski definition) is 6. The molecule has 1 aromatic carbocycles. The highest BCUT2D eigenvalue weighted by Crippen LogP contribution is 2.29. The highest BCUT2D eigenvalue weighted by molar-refractivity contribution is 8.00. The zero-order valence-corrected chi connectivity index (χ0v) is 26.1. The van der Waals surface area contributed by atoms with Crippen molar-refractivity contribution in [2.75, 3.05) is 30.3 Å². The van der Waals surface area contributed by atoms with Crippen LogP contribution in [0.5, 0.6) is 0 Å². The van der Waals surface area contributed by atoms with Gasteiger partial charge in [-0.1, -0.05) is 64.4 Å². The van der Waals surface area contributed by atoms with E-state index in [1.54, 1.807) is 11.8 Å². The van der Waals surface area contributed by atoms with E-state index in [1.165, 1.54) is 37.7 Å². The maximum absolute atomic E-state index is 13.4. The van der Waals surface area contributed by atoms with Gasteiger partial charge in [0.25, 0.3) is 0 Å². The Morgan fingerprint density at radius 3 is 2.30 bits per heavy atom. The van der Waals surface area contributed by atoms with Crippen LogP contribution < -0.4 is 16.0 Å². The van der Waals surface area contributed by atoms with Gasteiger partial charge in [0.05, 0.1) is 10.9 Å². The molecular weight excluding hydrogens is 583 g/mol. The molecule has 1 aliphatic carbocycles. The maximum Gasteiger partial charge on any atom is 0.243 e. The number of nitrogens with one attached hydrogen (secondary N) is 3. The molecule has 6 nitrogen and oxygen atoms in total. The largest absolute Gasteiger partial charge is 0.351 e. The third kappa shape index (κ3) is 12.7. The zero-order valence-electron chi connectivity index (χ0n) is 22.8. The first-order valence-electron chi connectivity index (χ1n) is 13.7. The molecule has 0 bridgehead atoms. The first kappa shape index (κ1) is 39.4. The predicted octanol–water partition coefficient (Wildman–Crippen LogP) is 6.12. The highest BCUT2D eigenvalue weighted by Gasteiger charge is 2.36. The summed E-state index contributed by atoms with van der Waals surface area (Å²) in [7, 11) is 0. The van der Waals surface area contributed by atoms with Gasteiger partial charge in [0.1, 0.15) is 6.04 Å². The molecule has 3 aliphatic rings. The van der Waals surface area contributed by atoms with Crippen molar-refractivity contribution in [3.05, 3.63) is 35.9 Å². The van der Waals surface area contributed by atoms with E-state index in [-0.39, 0.29) is 68.4 Å². The molecule has 0 radical (unpaired) electrons. The zero-order chi connectivity index (χ0) is 25.4. The topological polar surface area (TPSA) is 73.5 Å². The summed E-state index contributed by atoms with van der Waals surface area (Å²) >= 11 is 3.59. The number of likely N-dealkylation sites (tertiary alicyclic amines) is 1. The van der Waals surface area contributed by atoms with Crippen molar-refractivity contribution < 1.29 is 9.59 Å². The second-order valence-corrected chi connectivity index (χ2v) is 13.9. The average Bonchev–Trinajstić information content (AvgIpc) is 3.25. The number of carbonyl (C=O) groups is 2. The summed E-state index contributed by atoms with van der Waals surface area (Å²) in [6.45, 7) is 7.11. The molecule has 3 fully saturated rings. The van der Waals surface area contributed by atoms with E-state index in [4.69, 9.17) is 0 Å². The Morgan fingerprint density at radius 2 is 1.70 bits per heavy atom. The highest BCUT2D eigenvalue weighted by atomic mass is 35.5. The third-order valence-electron chi connectivity index (χ3n) is 7.63. The second kappa shape index (κ2) is 19.5. The fourth-order valence-corrected chi connectivity index (χ4v) is 7.79. The third-order valence-corrected chi connectivity index (χ3v) is 10.2. The molecule has 1 aromatic rings. The van der Waals surface area contributed by atoms with Crippen LogP contribution in [0.25, 0.3) is 0 Å². The Balaban J connectivity index is 0.00000380. The van der Waals surface area contributed by atoms with Crippen LogP contribution in [0.15, 0.2) is 30.3 Å². The van der Waals surface area contributed by atoms with Crippen LogP contribution in [0.2, 0.25) is 0 Å². The van der Waals surface area contributed by atoms with Crippen LogP contribution in [-0.2, 0) is 16.1 Å². The summed E-state index contributed by atoms with van der Waals surface area (Å²) in [5.74, 6) is 3.15. The number of piperidine rings is 1. The summed E-state index contributed by atoms with van der Waals surface area (Å²) in [6.07, 6.45) is 8.51. The smallest absolute Gasteiger partial charge is 0.243 e. The van der Waals surface area contributed by atoms with Crippen LogP contribution in [-0.4, -0.2) is 70.1 Å². The molecule has 0 spiro atoms. The van der Waals surface area contributed by atoms with E-state index in [9.17, 15) is 9.59 Å². The SMILES string of the molecule is C.C.CC1(C)N[C@H](C(=O)N[C@@H](CSCC2CCCCC2)C(=O)NC2CCN(Cc3ccccc3)CC2)CS1.Cl.Cl. The van der Waals surface area contributed by atoms with Gasteiger partial charge in [0.15, 0.2) is 0 Å². The molecule has 1 saturated carbocycles. The van der Waals surface area contributed by atoms with Gasteiger partial charge < -0.3 is 10.6 Å². The van der Waals surface area contributed by atoms with Crippen LogP contribution in [0.4, 0.5) is 0 Å². The maximum atomic E-state index is 13.4. The lowest BCUT2D eigenvalue weighted by molar-refractivity contribution is -0.129. The predicted molar refractivity (Wildman–Crippen MR) is 180 cm³/mol. The van der Waals surface area contributed by atoms with Gasteiger partial charge in [-0.3, -0.25) is 19.8 Å². The van der Waals surface area contributed by atoms with Gasteiger partial charge in [-0.2, -0.15) is 11.8 Å². The average molecular weight is 638 g/mol. The lowest BCUT2D eigenvalue weighted by atomic mass is 9.91. The molecule has 2 heterocycles. The van der Waals surface area contributed by atoms with E-state index in [2.05, 4.69) is 65.0 Å². The Morgan fingerprint density at radius 1 is 1.05 bits per heavy atom. The van der Waals surface area contributed by atoms with Gasteiger partial charge in [-0.15, -0.1) is 36.6 Å². The Hall–Kier alpha value is -0.640. The summed E-state index contributed by atoms with van der Waals surface area (Å²) in [6, 6.07) is 10.0. The lowest BCUT2D eigenvalue weighted by Gasteiger charge is -2.33. The van der Waals surface area contributed by atoms with E-state index in [1.807, 2.05) is 11.8 Å². The Kier molecular flexibility index (Phi) is 19.2. The van der Waals surface area contributed by atoms with Crippen molar-refractivity contribution in [3.63, 3.8) is 0 Å². The van der Waals surface area contributed by atoms with E-state index < -0.39 is 6.04 Å². The standard InChI is InChI=1S/C28H44N4O2S2.2CH4.2ClH/c1-28(2)31-25(20-36-28)27(34)30-24(19-35-18-22-11-7-4-8-12-22)26(33)29-23-13-15-32(16-14-23)17-21-9-5-3-6-10-21;;;;/h3,5-6,9-10,22-25,31H,4,7-8,11-20H2,1-2H3,(H,29,33)(H,30,34);2*1H4;2*1H/t24-,25-;;;;/m0..../s1. The Bertz CT molecular complexity index is 851. The number of thioether (sulfide) groups is 2. The van der Waals surface area contributed by atoms with Gasteiger partial charge >= 0.3 is 0 Å². The van der Waals surface area contributed by atoms with Crippen molar-refractivity contribution >= 4 is 60.2 Å². The van der Waals surface area contributed by atoms with Crippen LogP contribution in [0.3, 0.4) is 0 Å². The molecule has 2 aliphatic heterocycles. The van der Waals surface area contributed by atoms with Crippen LogP contribution in [0.1, 0.15) is 79.2 Å². The number of rotatable bonds is 10. The van der Waals surface area contributed by atoms with Crippen molar-refractivity contribution in [2.24, 2.45) is 5.92 Å². The summed E-state index contributed by atoms with van der Waals surface area (Å²) in [4.78, 5) is 28.8. The quantitative estimate of drug-likeness (QED) is 0.287. The molecule has 0 aromatic heterocycles. The number of halogens is 2. The molecule has 0 unspecified atom stereocenters. The Labute approximate surface area is 264 Å². The fraction of sp³-hybridized carbons (Fsp3) is 0.733. The number of nitrogens with zero attached hydrogens (tertiary/aromatic N) is 1. The van der Waals surface area contributed by atoms with Gasteiger partial charge in [-0.25, -0.2) is 0 Å². The molecule has 2 amide bonds. The molecule has 4 rings (SSSR count).